The molecule has 10 heteroatoms. The van der Waals surface area contributed by atoms with Crippen LogP contribution in [0.5, 0.6) is 11.5 Å². The topological polar surface area (TPSA) is 93.2 Å². The molecule has 0 radical (unpaired) electrons. The fraction of sp³-hybridized carbons (Fsp3) is 0.160. The first kappa shape index (κ1) is 24.3. The van der Waals surface area contributed by atoms with Crippen molar-refractivity contribution in [2.75, 3.05) is 24.5 Å². The van der Waals surface area contributed by atoms with E-state index in [9.17, 15) is 4.79 Å². The van der Waals surface area contributed by atoms with E-state index in [0.717, 1.165) is 16.7 Å². The van der Waals surface area contributed by atoms with E-state index < -0.39 is 0 Å². The van der Waals surface area contributed by atoms with Crippen LogP contribution in [-0.4, -0.2) is 34.5 Å². The normalized spacial score (nSPS) is 10.6. The van der Waals surface area contributed by atoms with E-state index >= 15 is 0 Å². The van der Waals surface area contributed by atoms with E-state index in [-0.39, 0.29) is 12.5 Å². The van der Waals surface area contributed by atoms with Crippen molar-refractivity contribution in [3.8, 4) is 22.9 Å². The van der Waals surface area contributed by atoms with Crippen molar-refractivity contribution in [2.24, 2.45) is 0 Å². The van der Waals surface area contributed by atoms with Crippen LogP contribution in [0.2, 0.25) is 5.02 Å². The summed E-state index contributed by atoms with van der Waals surface area (Å²) in [4.78, 5) is 12.3. The number of halogens is 1. The van der Waals surface area contributed by atoms with Crippen molar-refractivity contribution in [2.45, 2.75) is 13.5 Å². The Morgan fingerprint density at radius 2 is 1.86 bits per heavy atom. The SMILES string of the molecule is COc1cc(CNn2c(-c3ccccc3)n[nH]c2=S)c(Cl)cc1OCC(=O)Nc1ccc(C)cc1. The van der Waals surface area contributed by atoms with Crippen LogP contribution >= 0.6 is 23.8 Å². The number of hydrogen-bond donors (Lipinski definition) is 3. The number of ether oxygens (including phenoxy) is 2. The third-order valence-electron chi connectivity index (χ3n) is 5.16. The molecule has 4 rings (SSSR count). The molecule has 8 nitrogen and oxygen atoms in total. The highest BCUT2D eigenvalue weighted by Gasteiger charge is 2.14. The number of nitrogens with zero attached hydrogens (tertiary/aromatic N) is 2. The van der Waals surface area contributed by atoms with Crippen LogP contribution in [0.1, 0.15) is 11.1 Å². The van der Waals surface area contributed by atoms with Gasteiger partial charge in [-0.15, -0.1) is 0 Å². The van der Waals surface area contributed by atoms with Crippen LogP contribution < -0.4 is 20.2 Å². The minimum atomic E-state index is -0.291. The molecule has 0 saturated carbocycles. The number of anilines is 1. The minimum Gasteiger partial charge on any atom is -0.493 e. The maximum atomic E-state index is 12.3. The zero-order valence-corrected chi connectivity index (χ0v) is 20.7. The number of nitrogens with one attached hydrogen (secondary N) is 3. The number of rotatable bonds is 9. The van der Waals surface area contributed by atoms with Gasteiger partial charge < -0.3 is 20.2 Å². The number of aromatic amines is 1. The molecule has 0 saturated heterocycles. The molecule has 35 heavy (non-hydrogen) atoms. The summed E-state index contributed by atoms with van der Waals surface area (Å²) in [5.74, 6) is 1.18. The van der Waals surface area contributed by atoms with Gasteiger partial charge in [-0.3, -0.25) is 4.79 Å². The summed E-state index contributed by atoms with van der Waals surface area (Å²) in [6.07, 6.45) is 0. The van der Waals surface area contributed by atoms with Gasteiger partial charge in [0.25, 0.3) is 5.91 Å². The highest BCUT2D eigenvalue weighted by Crippen LogP contribution is 2.33. The average Bonchev–Trinajstić information content (AvgIpc) is 3.24. The maximum absolute atomic E-state index is 12.3. The number of carbonyl (C=O) groups is 1. The molecule has 1 aromatic heterocycles. The predicted molar refractivity (Wildman–Crippen MR) is 139 cm³/mol. The van der Waals surface area contributed by atoms with E-state index in [1.54, 1.807) is 16.8 Å². The molecule has 0 spiro atoms. The van der Waals surface area contributed by atoms with Crippen molar-refractivity contribution in [3.05, 3.63) is 87.7 Å². The molecular formula is C25H24ClN5O3S. The second kappa shape index (κ2) is 11.1. The summed E-state index contributed by atoms with van der Waals surface area (Å²) in [5.41, 5.74) is 6.71. The summed E-state index contributed by atoms with van der Waals surface area (Å²) in [6, 6.07) is 20.6. The average molecular weight is 510 g/mol. The molecule has 3 aromatic carbocycles. The molecule has 0 unspecified atom stereocenters. The maximum Gasteiger partial charge on any atom is 0.262 e. The third-order valence-corrected chi connectivity index (χ3v) is 5.78. The third kappa shape index (κ3) is 6.00. The molecule has 0 aliphatic rings. The Hall–Kier alpha value is -3.82. The van der Waals surface area contributed by atoms with Gasteiger partial charge in [0.05, 0.1) is 13.7 Å². The molecular weight excluding hydrogens is 486 g/mol. The lowest BCUT2D eigenvalue weighted by atomic mass is 10.2. The molecule has 0 fully saturated rings. The summed E-state index contributed by atoms with van der Waals surface area (Å²) >= 11 is 11.9. The zero-order chi connectivity index (χ0) is 24.8. The molecule has 4 aromatic rings. The van der Waals surface area contributed by atoms with Crippen molar-refractivity contribution < 1.29 is 14.3 Å². The van der Waals surface area contributed by atoms with E-state index in [1.165, 1.54) is 7.11 Å². The van der Waals surface area contributed by atoms with E-state index in [4.69, 9.17) is 33.3 Å². The van der Waals surface area contributed by atoms with Crippen LogP contribution in [0.4, 0.5) is 5.69 Å². The Labute approximate surface area is 212 Å². The van der Waals surface area contributed by atoms with Gasteiger partial charge in [0.2, 0.25) is 4.77 Å². The van der Waals surface area contributed by atoms with E-state index in [2.05, 4.69) is 20.9 Å². The van der Waals surface area contributed by atoms with E-state index in [1.807, 2.05) is 61.5 Å². The highest BCUT2D eigenvalue weighted by molar-refractivity contribution is 7.71. The lowest BCUT2D eigenvalue weighted by Gasteiger charge is -2.15. The molecule has 0 aliphatic carbocycles. The Morgan fingerprint density at radius 3 is 2.57 bits per heavy atom. The quantitative estimate of drug-likeness (QED) is 0.264. The van der Waals surface area contributed by atoms with Crippen LogP contribution in [-0.2, 0) is 11.3 Å². The second-order valence-electron chi connectivity index (χ2n) is 7.69. The van der Waals surface area contributed by atoms with Crippen molar-refractivity contribution in [1.82, 2.24) is 14.9 Å². The smallest absolute Gasteiger partial charge is 0.262 e. The number of aromatic nitrogens is 3. The lowest BCUT2D eigenvalue weighted by molar-refractivity contribution is -0.118. The first-order valence-electron chi connectivity index (χ1n) is 10.8. The standard InChI is InChI=1S/C25H24ClN5O3S/c1-16-8-10-19(11-9-16)28-23(32)15-34-22-13-20(26)18(12-21(22)33-2)14-27-31-24(29-30-25(31)35)17-6-4-3-5-7-17/h3-13,27H,14-15H2,1-2H3,(H,28,32)(H,30,35). The fourth-order valence-corrected chi connectivity index (χ4v) is 3.77. The summed E-state index contributed by atoms with van der Waals surface area (Å²) in [7, 11) is 1.53. The largest absolute Gasteiger partial charge is 0.493 e. The number of hydrogen-bond acceptors (Lipinski definition) is 6. The van der Waals surface area contributed by atoms with Gasteiger partial charge in [0.15, 0.2) is 23.9 Å². The van der Waals surface area contributed by atoms with Crippen molar-refractivity contribution >= 4 is 35.4 Å². The fourth-order valence-electron chi connectivity index (χ4n) is 3.35. The highest BCUT2D eigenvalue weighted by atomic mass is 35.5. The van der Waals surface area contributed by atoms with Gasteiger partial charge >= 0.3 is 0 Å². The summed E-state index contributed by atoms with van der Waals surface area (Å²) in [6.45, 7) is 2.13. The Kier molecular flexibility index (Phi) is 7.69. The van der Waals surface area contributed by atoms with Crippen LogP contribution in [0, 0.1) is 11.7 Å². The van der Waals surface area contributed by atoms with Gasteiger partial charge in [-0.25, -0.2) is 9.77 Å². The van der Waals surface area contributed by atoms with Crippen molar-refractivity contribution in [3.63, 3.8) is 0 Å². The molecule has 180 valence electrons. The van der Waals surface area contributed by atoms with Gasteiger partial charge in [-0.05, 0) is 42.9 Å². The molecule has 1 amide bonds. The predicted octanol–water partition coefficient (Wildman–Crippen LogP) is 5.34. The van der Waals surface area contributed by atoms with Crippen LogP contribution in [0.3, 0.4) is 0 Å². The molecule has 1 heterocycles. The van der Waals surface area contributed by atoms with E-state index in [0.29, 0.717) is 39.3 Å². The number of carbonyl (C=O) groups excluding carboxylic acids is 1. The number of methoxy groups -OCH3 is 1. The van der Waals surface area contributed by atoms with Crippen molar-refractivity contribution in [1.29, 1.82) is 0 Å². The van der Waals surface area contributed by atoms with Gasteiger partial charge in [0.1, 0.15) is 0 Å². The van der Waals surface area contributed by atoms with Gasteiger partial charge in [-0.1, -0.05) is 59.6 Å². The molecule has 0 atom stereocenters. The number of amides is 1. The minimum absolute atomic E-state index is 0.192. The van der Waals surface area contributed by atoms with Gasteiger partial charge in [0, 0.05) is 22.3 Å². The number of H-pyrrole nitrogens is 1. The Morgan fingerprint density at radius 1 is 1.11 bits per heavy atom. The number of aryl methyl sites for hydroxylation is 1. The lowest BCUT2D eigenvalue weighted by Crippen LogP contribution is -2.20. The summed E-state index contributed by atoms with van der Waals surface area (Å²) < 4.78 is 13.3. The first-order valence-corrected chi connectivity index (χ1v) is 11.6. The summed E-state index contributed by atoms with van der Waals surface area (Å²) in [5, 5.41) is 10.4. The van der Waals surface area contributed by atoms with Crippen LogP contribution in [0.15, 0.2) is 66.7 Å². The zero-order valence-electron chi connectivity index (χ0n) is 19.2. The second-order valence-corrected chi connectivity index (χ2v) is 8.48. The molecule has 3 N–H and O–H groups in total. The Bertz CT molecular complexity index is 1370. The molecule has 0 bridgehead atoms. The number of benzene rings is 3. The van der Waals surface area contributed by atoms with Crippen LogP contribution in [0.25, 0.3) is 11.4 Å². The monoisotopic (exact) mass is 509 g/mol. The van der Waals surface area contributed by atoms with Gasteiger partial charge in [-0.2, -0.15) is 5.10 Å². The first-order chi connectivity index (χ1) is 16.9. The molecule has 0 aliphatic heterocycles. The Balaban J connectivity index is 1.44.